The Bertz CT molecular complexity index is 1050. The number of rotatable bonds is 5. The maximum Gasteiger partial charge on any atom is 0.331 e. The van der Waals surface area contributed by atoms with Crippen molar-refractivity contribution in [2.75, 3.05) is 0 Å². The van der Waals surface area contributed by atoms with Gasteiger partial charge in [0.1, 0.15) is 12.4 Å². The zero-order valence-electron chi connectivity index (χ0n) is 15.6. The number of fused-ring (bicyclic) bond motifs is 1. The zero-order chi connectivity index (χ0) is 19.5. The Balaban J connectivity index is 1.57. The molecule has 1 saturated carbocycles. The first-order chi connectivity index (χ1) is 13.6. The average molecular weight is 382 g/mol. The Kier molecular flexibility index (Phi) is 5.23. The third kappa shape index (κ3) is 3.69. The molecule has 1 amide bonds. The minimum absolute atomic E-state index is 0.0872. The van der Waals surface area contributed by atoms with Crippen molar-refractivity contribution in [3.63, 3.8) is 0 Å². The van der Waals surface area contributed by atoms with Gasteiger partial charge >= 0.3 is 5.69 Å². The number of hydrogen-bond acceptors (Lipinski definition) is 3. The van der Waals surface area contributed by atoms with E-state index in [0.717, 1.165) is 25.7 Å². The largest absolute Gasteiger partial charge is 0.350 e. The molecule has 1 aliphatic carbocycles. The molecule has 4 rings (SSSR count). The van der Waals surface area contributed by atoms with Gasteiger partial charge in [-0.05, 0) is 42.7 Å². The molecule has 6 nitrogen and oxygen atoms in total. The van der Waals surface area contributed by atoms with Crippen LogP contribution >= 0.6 is 0 Å². The minimum atomic E-state index is -0.343. The summed E-state index contributed by atoms with van der Waals surface area (Å²) < 4.78 is 16.5. The van der Waals surface area contributed by atoms with Crippen LogP contribution in [0.2, 0.25) is 0 Å². The number of carbonyl (C=O) groups is 1. The molecule has 0 radical (unpaired) electrons. The highest BCUT2D eigenvalue weighted by atomic mass is 19.1. The summed E-state index contributed by atoms with van der Waals surface area (Å²) in [5.74, 6) is -0.637. The summed E-state index contributed by atoms with van der Waals surface area (Å²) in [5.41, 5.74) is 1.78. The maximum absolute atomic E-state index is 13.3. The lowest BCUT2D eigenvalue weighted by atomic mass is 9.95. The van der Waals surface area contributed by atoms with Crippen molar-refractivity contribution in [3.8, 4) is 0 Å². The van der Waals surface area contributed by atoms with Crippen molar-refractivity contribution >= 4 is 17.1 Å². The third-order valence-electron chi connectivity index (χ3n) is 5.34. The fraction of sp³-hybridized carbons (Fsp3) is 0.381. The number of nitrogens with zero attached hydrogens (tertiary/aromatic N) is 3. The number of benzene rings is 1. The molecule has 1 aliphatic rings. The second-order valence-corrected chi connectivity index (χ2v) is 7.28. The number of hydrogen-bond donors (Lipinski definition) is 1. The van der Waals surface area contributed by atoms with Gasteiger partial charge in [-0.2, -0.15) is 0 Å². The molecular formula is C21H23FN4O2. The Hall–Kier alpha value is -2.96. The van der Waals surface area contributed by atoms with Gasteiger partial charge in [-0.3, -0.25) is 13.9 Å². The molecule has 2 heterocycles. The normalized spacial score (nSPS) is 15.0. The van der Waals surface area contributed by atoms with Gasteiger partial charge in [0.2, 0.25) is 5.91 Å². The number of carbonyl (C=O) groups excluding carboxylic acids is 1. The monoisotopic (exact) mass is 382 g/mol. The summed E-state index contributed by atoms with van der Waals surface area (Å²) in [5, 5.41) is 2.76. The zero-order valence-corrected chi connectivity index (χ0v) is 15.6. The first-order valence-electron chi connectivity index (χ1n) is 9.70. The van der Waals surface area contributed by atoms with Crippen molar-refractivity contribution in [1.82, 2.24) is 19.4 Å². The summed E-state index contributed by atoms with van der Waals surface area (Å²) in [7, 11) is 0. The molecule has 28 heavy (non-hydrogen) atoms. The van der Waals surface area contributed by atoms with E-state index in [2.05, 4.69) is 10.3 Å². The van der Waals surface area contributed by atoms with E-state index in [1.807, 2.05) is 6.07 Å². The Labute approximate surface area is 162 Å². The second-order valence-electron chi connectivity index (χ2n) is 7.28. The fourth-order valence-electron chi connectivity index (χ4n) is 3.98. The number of nitrogens with one attached hydrogen (secondary N) is 1. The molecule has 0 aliphatic heterocycles. The average Bonchev–Trinajstić information content (AvgIpc) is 2.99. The van der Waals surface area contributed by atoms with Gasteiger partial charge in [-0.15, -0.1) is 0 Å². The molecule has 0 unspecified atom stereocenters. The Morgan fingerprint density at radius 1 is 1.18 bits per heavy atom. The van der Waals surface area contributed by atoms with Crippen molar-refractivity contribution in [3.05, 3.63) is 64.5 Å². The van der Waals surface area contributed by atoms with Crippen LogP contribution < -0.4 is 11.0 Å². The highest BCUT2D eigenvalue weighted by Crippen LogP contribution is 2.29. The van der Waals surface area contributed by atoms with Crippen LogP contribution in [-0.2, 0) is 17.9 Å². The van der Waals surface area contributed by atoms with Crippen LogP contribution in [0, 0.1) is 5.82 Å². The van der Waals surface area contributed by atoms with Gasteiger partial charge in [-0.25, -0.2) is 14.2 Å². The third-order valence-corrected chi connectivity index (χ3v) is 5.34. The predicted octanol–water partition coefficient (Wildman–Crippen LogP) is 3.16. The number of imidazole rings is 1. The first kappa shape index (κ1) is 18.4. The summed E-state index contributed by atoms with van der Waals surface area (Å²) in [6.07, 6.45) is 6.99. The van der Waals surface area contributed by atoms with Gasteiger partial charge in [0, 0.05) is 18.8 Å². The van der Waals surface area contributed by atoms with E-state index < -0.39 is 0 Å². The molecule has 146 valence electrons. The van der Waals surface area contributed by atoms with Crippen LogP contribution in [0.25, 0.3) is 11.2 Å². The molecule has 7 heteroatoms. The van der Waals surface area contributed by atoms with E-state index in [0.29, 0.717) is 16.7 Å². The van der Waals surface area contributed by atoms with E-state index in [9.17, 15) is 14.0 Å². The van der Waals surface area contributed by atoms with E-state index >= 15 is 0 Å². The lowest BCUT2D eigenvalue weighted by molar-refractivity contribution is -0.121. The van der Waals surface area contributed by atoms with Crippen LogP contribution in [-0.4, -0.2) is 20.0 Å². The maximum atomic E-state index is 13.3. The topological polar surface area (TPSA) is 68.9 Å². The lowest BCUT2D eigenvalue weighted by Gasteiger charge is -2.22. The standard InChI is InChI=1S/C21H23FN4O2/c22-16-7-4-6-15(12-16)13-24-19(27)14-25-18-10-5-11-23-20(18)26(21(25)28)17-8-2-1-3-9-17/h4-7,10-12,17H,1-3,8-9,13-14H2,(H,24,27). The van der Waals surface area contributed by atoms with E-state index in [1.165, 1.54) is 23.1 Å². The van der Waals surface area contributed by atoms with Gasteiger partial charge in [-0.1, -0.05) is 31.4 Å². The highest BCUT2D eigenvalue weighted by molar-refractivity contribution is 5.79. The van der Waals surface area contributed by atoms with Crippen molar-refractivity contribution < 1.29 is 9.18 Å². The molecule has 0 atom stereocenters. The van der Waals surface area contributed by atoms with Crippen molar-refractivity contribution in [1.29, 1.82) is 0 Å². The van der Waals surface area contributed by atoms with Crippen LogP contribution in [0.5, 0.6) is 0 Å². The molecule has 1 N–H and O–H groups in total. The molecular weight excluding hydrogens is 359 g/mol. The molecule has 1 fully saturated rings. The smallest absolute Gasteiger partial charge is 0.331 e. The molecule has 0 bridgehead atoms. The lowest BCUT2D eigenvalue weighted by Crippen LogP contribution is -2.34. The van der Waals surface area contributed by atoms with Crippen LogP contribution in [0.4, 0.5) is 4.39 Å². The number of amides is 1. The summed E-state index contributed by atoms with van der Waals surface area (Å²) in [4.78, 5) is 30.0. The van der Waals surface area contributed by atoms with Crippen molar-refractivity contribution in [2.45, 2.75) is 51.2 Å². The Morgan fingerprint density at radius 3 is 2.79 bits per heavy atom. The van der Waals surface area contributed by atoms with Crippen LogP contribution in [0.3, 0.4) is 0 Å². The van der Waals surface area contributed by atoms with Gasteiger partial charge in [0.05, 0.1) is 5.52 Å². The number of aromatic nitrogens is 3. The Morgan fingerprint density at radius 2 is 2.00 bits per heavy atom. The number of pyridine rings is 1. The predicted molar refractivity (Wildman–Crippen MR) is 104 cm³/mol. The van der Waals surface area contributed by atoms with E-state index in [1.54, 1.807) is 29.0 Å². The minimum Gasteiger partial charge on any atom is -0.350 e. The molecule has 2 aromatic heterocycles. The molecule has 0 saturated heterocycles. The summed E-state index contributed by atoms with van der Waals surface area (Å²) >= 11 is 0. The van der Waals surface area contributed by atoms with Crippen LogP contribution in [0.15, 0.2) is 47.4 Å². The van der Waals surface area contributed by atoms with Gasteiger partial charge < -0.3 is 5.32 Å². The van der Waals surface area contributed by atoms with E-state index in [-0.39, 0.29) is 36.5 Å². The summed E-state index contributed by atoms with van der Waals surface area (Å²) in [6, 6.07) is 9.81. The van der Waals surface area contributed by atoms with Gasteiger partial charge in [0.15, 0.2) is 5.65 Å². The molecule has 1 aromatic carbocycles. The van der Waals surface area contributed by atoms with Gasteiger partial charge in [0.25, 0.3) is 0 Å². The van der Waals surface area contributed by atoms with Crippen molar-refractivity contribution in [2.24, 2.45) is 0 Å². The first-order valence-corrected chi connectivity index (χ1v) is 9.70. The fourth-order valence-corrected chi connectivity index (χ4v) is 3.98. The molecule has 0 spiro atoms. The summed E-state index contributed by atoms with van der Waals surface area (Å²) in [6.45, 7) is 0.126. The SMILES string of the molecule is O=C(Cn1c(=O)n(C2CCCCC2)c2ncccc21)NCc1cccc(F)c1. The second kappa shape index (κ2) is 7.96. The van der Waals surface area contributed by atoms with E-state index in [4.69, 9.17) is 0 Å². The number of halogens is 1. The highest BCUT2D eigenvalue weighted by Gasteiger charge is 2.23. The molecule has 3 aromatic rings. The quantitative estimate of drug-likeness (QED) is 0.737. The van der Waals surface area contributed by atoms with Crippen LogP contribution in [0.1, 0.15) is 43.7 Å².